The molecule has 3 heterocycles. The molecular weight excluding hydrogens is 306 g/mol. The molecule has 0 spiro atoms. The maximum absolute atomic E-state index is 10.3. The second-order valence-electron chi connectivity index (χ2n) is 3.99. The van der Waals surface area contributed by atoms with Gasteiger partial charge in [-0.15, -0.1) is 11.3 Å². The molecule has 1 fully saturated rings. The van der Waals surface area contributed by atoms with Crippen LogP contribution in [0, 0.1) is 0 Å². The zero-order valence-corrected chi connectivity index (χ0v) is 11.2. The molecule has 0 amide bonds. The largest absolute Gasteiger partial charge is 0.379 e. The number of halogens is 1. The first-order chi connectivity index (χ1) is 8.17. The van der Waals surface area contributed by atoms with Crippen LogP contribution < -0.4 is 5.32 Å². The number of aromatic nitrogens is 2. The van der Waals surface area contributed by atoms with Crippen molar-refractivity contribution in [1.82, 2.24) is 15.5 Å². The normalized spacial score (nSPS) is 24.4. The monoisotopic (exact) mass is 315 g/mol. The van der Waals surface area contributed by atoms with Gasteiger partial charge in [-0.2, -0.15) is 4.98 Å². The Morgan fingerprint density at radius 1 is 1.53 bits per heavy atom. The van der Waals surface area contributed by atoms with Crippen LogP contribution in [0.3, 0.4) is 0 Å². The van der Waals surface area contributed by atoms with Gasteiger partial charge in [-0.25, -0.2) is 0 Å². The molecule has 0 saturated carbocycles. The van der Waals surface area contributed by atoms with Crippen LogP contribution in [0.15, 0.2) is 20.4 Å². The van der Waals surface area contributed by atoms with Gasteiger partial charge < -0.3 is 14.9 Å². The van der Waals surface area contributed by atoms with Crippen molar-refractivity contribution in [1.29, 1.82) is 0 Å². The van der Waals surface area contributed by atoms with Crippen LogP contribution >= 0.6 is 27.3 Å². The maximum atomic E-state index is 10.3. The van der Waals surface area contributed by atoms with Crippen molar-refractivity contribution >= 4 is 27.3 Å². The van der Waals surface area contributed by atoms with Crippen molar-refractivity contribution in [2.24, 2.45) is 0 Å². The zero-order chi connectivity index (χ0) is 11.9. The molecule has 1 atom stereocenters. The summed E-state index contributed by atoms with van der Waals surface area (Å²) >= 11 is 4.92. The first-order valence-corrected chi connectivity index (χ1v) is 6.81. The first kappa shape index (κ1) is 11.3. The summed E-state index contributed by atoms with van der Waals surface area (Å²) in [6.07, 6.45) is 0.600. The number of rotatable bonds is 2. The highest BCUT2D eigenvalue weighted by atomic mass is 79.9. The summed E-state index contributed by atoms with van der Waals surface area (Å²) in [6, 6.07) is 3.85. The van der Waals surface area contributed by atoms with Crippen molar-refractivity contribution in [2.45, 2.75) is 12.0 Å². The van der Waals surface area contributed by atoms with Crippen molar-refractivity contribution < 1.29 is 9.63 Å². The smallest absolute Gasteiger partial charge is 0.260 e. The molecule has 2 aromatic rings. The Hall–Kier alpha value is -0.760. The quantitative estimate of drug-likeness (QED) is 0.883. The van der Waals surface area contributed by atoms with E-state index in [9.17, 15) is 5.11 Å². The van der Waals surface area contributed by atoms with Crippen LogP contribution in [0.4, 0.5) is 0 Å². The molecule has 1 unspecified atom stereocenters. The SMILES string of the molecule is OC1(c2nc(-c3ccc(Br)s3)no2)CCNC1. The predicted molar refractivity (Wildman–Crippen MR) is 66.7 cm³/mol. The van der Waals surface area contributed by atoms with E-state index >= 15 is 0 Å². The number of hydrogen-bond donors (Lipinski definition) is 2. The molecule has 1 saturated heterocycles. The Bertz CT molecular complexity index is 533. The van der Waals surface area contributed by atoms with Crippen molar-refractivity contribution in [3.63, 3.8) is 0 Å². The highest BCUT2D eigenvalue weighted by molar-refractivity contribution is 9.11. The van der Waals surface area contributed by atoms with E-state index in [1.165, 1.54) is 11.3 Å². The van der Waals surface area contributed by atoms with E-state index in [2.05, 4.69) is 31.4 Å². The lowest BCUT2D eigenvalue weighted by molar-refractivity contribution is 0.0243. The third kappa shape index (κ3) is 2.03. The van der Waals surface area contributed by atoms with Crippen molar-refractivity contribution in [2.75, 3.05) is 13.1 Å². The first-order valence-electron chi connectivity index (χ1n) is 5.20. The van der Waals surface area contributed by atoms with Crippen molar-refractivity contribution in [3.05, 3.63) is 21.8 Å². The molecule has 3 rings (SSSR count). The second-order valence-corrected chi connectivity index (χ2v) is 6.45. The summed E-state index contributed by atoms with van der Waals surface area (Å²) in [5.74, 6) is 0.818. The van der Waals surface area contributed by atoms with Gasteiger partial charge in [0, 0.05) is 6.54 Å². The van der Waals surface area contributed by atoms with Gasteiger partial charge in [0.25, 0.3) is 5.89 Å². The maximum Gasteiger partial charge on any atom is 0.260 e. The van der Waals surface area contributed by atoms with Crippen LogP contribution in [0.5, 0.6) is 0 Å². The molecule has 90 valence electrons. The van der Waals surface area contributed by atoms with E-state index in [4.69, 9.17) is 4.52 Å². The Morgan fingerprint density at radius 3 is 3.06 bits per heavy atom. The van der Waals surface area contributed by atoms with Gasteiger partial charge in [0.1, 0.15) is 0 Å². The van der Waals surface area contributed by atoms with Gasteiger partial charge in [-0.1, -0.05) is 5.16 Å². The van der Waals surface area contributed by atoms with E-state index < -0.39 is 5.60 Å². The van der Waals surface area contributed by atoms with Gasteiger partial charge in [0.2, 0.25) is 5.82 Å². The predicted octanol–water partition coefficient (Wildman–Crippen LogP) is 1.74. The number of nitrogens with one attached hydrogen (secondary N) is 1. The van der Waals surface area contributed by atoms with Crippen LogP contribution in [-0.4, -0.2) is 28.3 Å². The lowest BCUT2D eigenvalue weighted by atomic mass is 10.0. The average Bonchev–Trinajstić information content (AvgIpc) is 2.96. The topological polar surface area (TPSA) is 71.2 Å². The van der Waals surface area contributed by atoms with E-state index in [1.54, 1.807) is 0 Å². The third-order valence-electron chi connectivity index (χ3n) is 2.75. The molecule has 1 aliphatic heterocycles. The third-order valence-corrected chi connectivity index (χ3v) is 4.37. The Labute approximate surface area is 110 Å². The number of thiophene rings is 1. The minimum Gasteiger partial charge on any atom is -0.379 e. The van der Waals surface area contributed by atoms with Crippen LogP contribution in [-0.2, 0) is 5.60 Å². The molecule has 0 aromatic carbocycles. The van der Waals surface area contributed by atoms with Gasteiger partial charge in [-0.05, 0) is 41.0 Å². The van der Waals surface area contributed by atoms with Crippen molar-refractivity contribution in [3.8, 4) is 10.7 Å². The van der Waals surface area contributed by atoms with Gasteiger partial charge in [0.05, 0.1) is 8.66 Å². The van der Waals surface area contributed by atoms with Gasteiger partial charge >= 0.3 is 0 Å². The highest BCUT2D eigenvalue weighted by Gasteiger charge is 2.38. The Morgan fingerprint density at radius 2 is 2.41 bits per heavy atom. The molecule has 2 aromatic heterocycles. The molecule has 2 N–H and O–H groups in total. The fraction of sp³-hybridized carbons (Fsp3) is 0.400. The molecular formula is C10H10BrN3O2S. The summed E-state index contributed by atoms with van der Waals surface area (Å²) in [6.45, 7) is 1.22. The zero-order valence-electron chi connectivity index (χ0n) is 8.81. The molecule has 0 aliphatic carbocycles. The molecule has 1 aliphatic rings. The fourth-order valence-electron chi connectivity index (χ4n) is 1.81. The van der Waals surface area contributed by atoms with E-state index in [-0.39, 0.29) is 0 Å². The van der Waals surface area contributed by atoms with Gasteiger partial charge in [-0.3, -0.25) is 0 Å². The van der Waals surface area contributed by atoms with Crippen LogP contribution in [0.1, 0.15) is 12.3 Å². The summed E-state index contributed by atoms with van der Waals surface area (Å²) in [4.78, 5) is 5.19. The van der Waals surface area contributed by atoms with E-state index in [1.807, 2.05) is 12.1 Å². The average molecular weight is 316 g/mol. The Kier molecular flexibility index (Phi) is 2.78. The van der Waals surface area contributed by atoms with E-state index in [0.29, 0.717) is 24.7 Å². The molecule has 17 heavy (non-hydrogen) atoms. The standard InChI is InChI=1S/C10H10BrN3O2S/c11-7-2-1-6(17-7)8-13-9(16-14-8)10(15)3-4-12-5-10/h1-2,12,15H,3-5H2. The lowest BCUT2D eigenvalue weighted by Crippen LogP contribution is -2.28. The minimum atomic E-state index is -1.01. The molecule has 5 nitrogen and oxygen atoms in total. The summed E-state index contributed by atoms with van der Waals surface area (Å²) in [7, 11) is 0. The molecule has 0 bridgehead atoms. The number of nitrogens with zero attached hydrogens (tertiary/aromatic N) is 2. The van der Waals surface area contributed by atoms with E-state index in [0.717, 1.165) is 15.2 Å². The molecule has 0 radical (unpaired) electrons. The highest BCUT2D eigenvalue weighted by Crippen LogP contribution is 2.32. The lowest BCUT2D eigenvalue weighted by Gasteiger charge is -2.14. The minimum absolute atomic E-state index is 0.294. The summed E-state index contributed by atoms with van der Waals surface area (Å²) in [5, 5.41) is 17.3. The second kappa shape index (κ2) is 4.16. The number of aliphatic hydroxyl groups is 1. The number of β-amino-alcohol motifs (C(OH)–C–C–N with tert-alkyl or cyclic N) is 1. The Balaban J connectivity index is 1.92. The summed E-state index contributed by atoms with van der Waals surface area (Å²) in [5.41, 5.74) is -1.01. The summed E-state index contributed by atoms with van der Waals surface area (Å²) < 4.78 is 6.17. The number of hydrogen-bond acceptors (Lipinski definition) is 6. The molecule has 7 heteroatoms. The van der Waals surface area contributed by atoms with Crippen LogP contribution in [0.2, 0.25) is 0 Å². The van der Waals surface area contributed by atoms with Gasteiger partial charge in [0.15, 0.2) is 5.60 Å². The van der Waals surface area contributed by atoms with Crippen LogP contribution in [0.25, 0.3) is 10.7 Å². The fourth-order valence-corrected chi connectivity index (χ4v) is 3.12.